The monoisotopic (exact) mass is 398 g/mol. The van der Waals surface area contributed by atoms with E-state index in [-0.39, 0.29) is 11.2 Å². The lowest BCUT2D eigenvalue weighted by Gasteiger charge is -2.58. The number of hydrogen-bond donors (Lipinski definition) is 1. The van der Waals surface area contributed by atoms with Gasteiger partial charge in [-0.3, -0.25) is 4.79 Å². The molecule has 4 aliphatic rings. The van der Waals surface area contributed by atoms with Gasteiger partial charge in [-0.25, -0.2) is 0 Å². The highest BCUT2D eigenvalue weighted by Gasteiger charge is 2.59. The fraction of sp³-hybridized carbons (Fsp3) is 0.815. The molecule has 0 bridgehead atoms. The first-order valence-corrected chi connectivity index (χ1v) is 12.2. The van der Waals surface area contributed by atoms with Crippen LogP contribution in [-0.4, -0.2) is 17.0 Å². The Morgan fingerprint density at radius 1 is 1.24 bits per heavy atom. The van der Waals surface area contributed by atoms with Crippen LogP contribution in [0.3, 0.4) is 0 Å². The van der Waals surface area contributed by atoms with Crippen LogP contribution in [0, 0.1) is 40.4 Å². The summed E-state index contributed by atoms with van der Waals surface area (Å²) in [6.45, 7) is 11.9. The van der Waals surface area contributed by atoms with Crippen molar-refractivity contribution in [3.8, 4) is 0 Å². The number of aliphatic hydroxyl groups is 1. The molecule has 0 aromatic carbocycles. The van der Waals surface area contributed by atoms with E-state index in [9.17, 15) is 9.90 Å². The third kappa shape index (κ3) is 3.48. The van der Waals surface area contributed by atoms with Gasteiger partial charge < -0.3 is 5.11 Å². The third-order valence-electron chi connectivity index (χ3n) is 9.89. The van der Waals surface area contributed by atoms with Crippen molar-refractivity contribution in [3.63, 3.8) is 0 Å². The number of Topliss-reactive ketones (excluding diaryl/α,β-unsaturated/α-hetero) is 1. The van der Waals surface area contributed by atoms with Crippen LogP contribution in [0.1, 0.15) is 92.4 Å². The van der Waals surface area contributed by atoms with Gasteiger partial charge in [0, 0.05) is 12.8 Å². The first kappa shape index (κ1) is 21.3. The molecule has 1 N–H and O–H groups in total. The van der Waals surface area contributed by atoms with E-state index in [1.807, 2.05) is 0 Å². The molecule has 0 heterocycles. The van der Waals surface area contributed by atoms with Crippen molar-refractivity contribution in [2.75, 3.05) is 0 Å². The van der Waals surface area contributed by atoms with Crippen molar-refractivity contribution in [2.45, 2.75) is 98.5 Å². The van der Waals surface area contributed by atoms with E-state index < -0.39 is 6.10 Å². The lowest BCUT2D eigenvalue weighted by Crippen LogP contribution is -2.52. The number of carbonyl (C=O) groups is 1. The normalized spacial score (nSPS) is 45.0. The molecule has 2 nitrogen and oxygen atoms in total. The summed E-state index contributed by atoms with van der Waals surface area (Å²) in [5.41, 5.74) is 3.32. The quantitative estimate of drug-likeness (QED) is 0.550. The molecule has 0 spiro atoms. The van der Waals surface area contributed by atoms with E-state index in [1.165, 1.54) is 56.1 Å². The van der Waals surface area contributed by atoms with E-state index >= 15 is 0 Å². The van der Waals surface area contributed by atoms with Crippen molar-refractivity contribution in [2.24, 2.45) is 40.4 Å². The summed E-state index contributed by atoms with van der Waals surface area (Å²) in [5.74, 6) is 3.92. The summed E-state index contributed by atoms with van der Waals surface area (Å²) in [4.78, 5) is 12.4. The second kappa shape index (κ2) is 7.66. The van der Waals surface area contributed by atoms with Gasteiger partial charge in [-0.1, -0.05) is 44.1 Å². The number of rotatable bonds is 4. The maximum Gasteiger partial charge on any atom is 0.162 e. The van der Waals surface area contributed by atoms with Crippen LogP contribution >= 0.6 is 0 Å². The molecule has 0 aliphatic heterocycles. The van der Waals surface area contributed by atoms with Crippen molar-refractivity contribution < 1.29 is 9.90 Å². The number of hydrogen-bond acceptors (Lipinski definition) is 2. The van der Waals surface area contributed by atoms with Crippen LogP contribution in [0.2, 0.25) is 0 Å². The highest BCUT2D eigenvalue weighted by molar-refractivity contribution is 5.85. The fourth-order valence-electron chi connectivity index (χ4n) is 8.33. The molecule has 2 heteroatoms. The highest BCUT2D eigenvalue weighted by Crippen LogP contribution is 2.67. The van der Waals surface area contributed by atoms with Gasteiger partial charge in [0.15, 0.2) is 5.78 Å². The van der Waals surface area contributed by atoms with Crippen LogP contribution in [0.5, 0.6) is 0 Å². The van der Waals surface area contributed by atoms with Crippen LogP contribution in [0.25, 0.3) is 0 Å². The SMILES string of the molecule is CC(C)=CCC[C@@H](C)[C@H]1CC[C@H]2[C@@H]3CC=C4CC(O)C(=O)C[C@]4(C)[C@H]3CC[C@]12C. The van der Waals surface area contributed by atoms with E-state index in [1.54, 1.807) is 0 Å². The molecule has 0 aromatic heterocycles. The zero-order valence-corrected chi connectivity index (χ0v) is 19.3. The molecule has 3 saturated carbocycles. The lowest BCUT2D eigenvalue weighted by molar-refractivity contribution is -0.135. The Hall–Kier alpha value is -0.890. The molecule has 3 fully saturated rings. The molecule has 0 radical (unpaired) electrons. The fourth-order valence-corrected chi connectivity index (χ4v) is 8.33. The molecule has 8 atom stereocenters. The van der Waals surface area contributed by atoms with E-state index in [0.717, 1.165) is 23.7 Å². The number of ketones is 1. The summed E-state index contributed by atoms with van der Waals surface area (Å²) < 4.78 is 0. The molecular weight excluding hydrogens is 356 g/mol. The van der Waals surface area contributed by atoms with Gasteiger partial charge >= 0.3 is 0 Å². The Kier molecular flexibility index (Phi) is 5.64. The Labute approximate surface area is 178 Å². The lowest BCUT2D eigenvalue weighted by atomic mass is 9.47. The van der Waals surface area contributed by atoms with Crippen LogP contribution in [0.4, 0.5) is 0 Å². The third-order valence-corrected chi connectivity index (χ3v) is 9.89. The molecule has 0 aromatic rings. The minimum Gasteiger partial charge on any atom is -0.385 e. The number of carbonyl (C=O) groups excluding carboxylic acids is 1. The second-order valence-electron chi connectivity index (χ2n) is 11.7. The Morgan fingerprint density at radius 3 is 2.72 bits per heavy atom. The van der Waals surface area contributed by atoms with Crippen LogP contribution < -0.4 is 0 Å². The maximum absolute atomic E-state index is 12.4. The molecule has 0 amide bonds. The van der Waals surface area contributed by atoms with E-state index in [2.05, 4.69) is 46.8 Å². The largest absolute Gasteiger partial charge is 0.385 e. The molecule has 1 unspecified atom stereocenters. The summed E-state index contributed by atoms with van der Waals surface area (Å²) in [5, 5.41) is 10.1. The average molecular weight is 399 g/mol. The minimum atomic E-state index is -0.753. The van der Waals surface area contributed by atoms with Gasteiger partial charge in [-0.2, -0.15) is 0 Å². The van der Waals surface area contributed by atoms with Gasteiger partial charge in [0.25, 0.3) is 0 Å². The van der Waals surface area contributed by atoms with Gasteiger partial charge in [0.05, 0.1) is 0 Å². The predicted molar refractivity (Wildman–Crippen MR) is 119 cm³/mol. The van der Waals surface area contributed by atoms with E-state index in [0.29, 0.717) is 24.2 Å². The smallest absolute Gasteiger partial charge is 0.162 e. The van der Waals surface area contributed by atoms with Gasteiger partial charge in [-0.05, 0) is 99.2 Å². The van der Waals surface area contributed by atoms with Crippen molar-refractivity contribution >= 4 is 5.78 Å². The molecular formula is C27H42O2. The first-order valence-electron chi connectivity index (χ1n) is 12.2. The Balaban J connectivity index is 1.53. The zero-order chi connectivity index (χ0) is 21.0. The topological polar surface area (TPSA) is 37.3 Å². The Bertz CT molecular complexity index is 714. The molecule has 0 saturated heterocycles. The van der Waals surface area contributed by atoms with Gasteiger partial charge in [-0.15, -0.1) is 0 Å². The summed E-state index contributed by atoms with van der Waals surface area (Å²) in [7, 11) is 0. The summed E-state index contributed by atoms with van der Waals surface area (Å²) >= 11 is 0. The summed E-state index contributed by atoms with van der Waals surface area (Å²) in [6.07, 6.45) is 14.3. The number of fused-ring (bicyclic) bond motifs is 5. The molecule has 4 aliphatic carbocycles. The van der Waals surface area contributed by atoms with Crippen LogP contribution in [0.15, 0.2) is 23.3 Å². The average Bonchev–Trinajstić information content (AvgIpc) is 3.00. The number of aliphatic hydroxyl groups excluding tert-OH is 1. The van der Waals surface area contributed by atoms with Gasteiger partial charge in [0.1, 0.15) is 6.10 Å². The van der Waals surface area contributed by atoms with E-state index in [4.69, 9.17) is 0 Å². The van der Waals surface area contributed by atoms with Crippen molar-refractivity contribution in [1.82, 2.24) is 0 Å². The summed E-state index contributed by atoms with van der Waals surface area (Å²) in [6, 6.07) is 0. The Morgan fingerprint density at radius 2 is 2.00 bits per heavy atom. The zero-order valence-electron chi connectivity index (χ0n) is 19.3. The molecule has 162 valence electrons. The molecule has 4 rings (SSSR count). The van der Waals surface area contributed by atoms with Crippen LogP contribution in [-0.2, 0) is 4.79 Å². The minimum absolute atomic E-state index is 0.00765. The molecule has 29 heavy (non-hydrogen) atoms. The van der Waals surface area contributed by atoms with Crippen molar-refractivity contribution in [1.29, 1.82) is 0 Å². The predicted octanol–water partition coefficient (Wildman–Crippen LogP) is 6.49. The highest BCUT2D eigenvalue weighted by atomic mass is 16.3. The van der Waals surface area contributed by atoms with Gasteiger partial charge in [0.2, 0.25) is 0 Å². The maximum atomic E-state index is 12.4. The number of allylic oxidation sites excluding steroid dienone is 3. The van der Waals surface area contributed by atoms with Crippen molar-refractivity contribution in [3.05, 3.63) is 23.3 Å². The first-order chi connectivity index (χ1) is 13.7. The standard InChI is InChI=1S/C27H42O2/c1-17(2)7-6-8-18(3)21-11-12-22-20-10-9-19-15-24(28)25(29)16-27(19,5)23(20)13-14-26(21,22)4/h7,9,18,20-24,28H,6,8,10-16H2,1-5H3/t18-,20+,21-,22+,23+,24?,26-,27+/m1/s1. The second-order valence-corrected chi connectivity index (χ2v) is 11.7.